The van der Waals surface area contributed by atoms with Gasteiger partial charge in [-0.3, -0.25) is 0 Å². The molecule has 0 aliphatic heterocycles. The number of benzene rings is 4. The zero-order valence-corrected chi connectivity index (χ0v) is 21.9. The topological polar surface area (TPSA) is 0 Å². The monoisotopic (exact) mass is 480 g/mol. The standard InChI is InChI=1S/C37H36/c1-2-3-4-5-12-21-33-35-26-30(27-15-8-6-9-16-27)22-23-32(35)34-25-24-31(28-17-10-7-11-18-28)36(37(33)34)29-19-13-14-20-29/h6-11,13-19,22-26,33H,2-5,12,20-21H2,1H3. The van der Waals surface area contributed by atoms with Crippen LogP contribution in [-0.2, 0) is 0 Å². The highest BCUT2D eigenvalue weighted by atomic mass is 14.4. The van der Waals surface area contributed by atoms with Gasteiger partial charge in [0.05, 0.1) is 0 Å². The third-order valence-corrected chi connectivity index (χ3v) is 8.19. The second kappa shape index (κ2) is 10.8. The van der Waals surface area contributed by atoms with Gasteiger partial charge in [0.2, 0.25) is 0 Å². The maximum absolute atomic E-state index is 2.49. The van der Waals surface area contributed by atoms with Crippen LogP contribution in [-0.4, -0.2) is 0 Å². The molecule has 0 nitrogen and oxygen atoms in total. The van der Waals surface area contributed by atoms with Crippen molar-refractivity contribution in [3.63, 3.8) is 0 Å². The number of rotatable bonds is 9. The number of hydrogen-bond donors (Lipinski definition) is 0. The predicted molar refractivity (Wildman–Crippen MR) is 160 cm³/mol. The first-order valence-corrected chi connectivity index (χ1v) is 14.1. The van der Waals surface area contributed by atoms with Gasteiger partial charge in [-0.2, -0.15) is 0 Å². The molecule has 0 saturated carbocycles. The highest BCUT2D eigenvalue weighted by molar-refractivity contribution is 5.94. The van der Waals surface area contributed by atoms with E-state index in [9.17, 15) is 0 Å². The van der Waals surface area contributed by atoms with Gasteiger partial charge in [0.15, 0.2) is 0 Å². The Morgan fingerprint density at radius 2 is 1.35 bits per heavy atom. The minimum Gasteiger partial charge on any atom is -0.0801 e. The third-order valence-electron chi connectivity index (χ3n) is 8.19. The Balaban J connectivity index is 1.50. The molecule has 2 aliphatic rings. The van der Waals surface area contributed by atoms with Crippen LogP contribution in [0.1, 0.15) is 74.5 Å². The van der Waals surface area contributed by atoms with Crippen LogP contribution in [0.5, 0.6) is 0 Å². The van der Waals surface area contributed by atoms with E-state index in [0.29, 0.717) is 5.92 Å². The fraction of sp³-hybridized carbons (Fsp3) is 0.243. The molecule has 0 amide bonds. The number of allylic oxidation sites excluding steroid dienone is 4. The average molecular weight is 481 g/mol. The van der Waals surface area contributed by atoms with E-state index in [4.69, 9.17) is 0 Å². The summed E-state index contributed by atoms with van der Waals surface area (Å²) in [7, 11) is 0. The van der Waals surface area contributed by atoms with E-state index >= 15 is 0 Å². The predicted octanol–water partition coefficient (Wildman–Crippen LogP) is 10.8. The Bertz CT molecular complexity index is 1440. The summed E-state index contributed by atoms with van der Waals surface area (Å²) < 4.78 is 0. The lowest BCUT2D eigenvalue weighted by molar-refractivity contribution is 0.584. The Hall–Kier alpha value is -3.64. The molecule has 0 heterocycles. The van der Waals surface area contributed by atoms with Crippen LogP contribution in [0, 0.1) is 0 Å². The SMILES string of the molecule is CCCCCCCC1c2cc(-c3ccccc3)ccc2-c2ccc(-c3ccccc3)c(C3=CC=CC3)c21. The molecule has 0 heteroatoms. The van der Waals surface area contributed by atoms with Gasteiger partial charge in [0.25, 0.3) is 0 Å². The summed E-state index contributed by atoms with van der Waals surface area (Å²) >= 11 is 0. The Labute approximate surface area is 222 Å². The summed E-state index contributed by atoms with van der Waals surface area (Å²) in [5.74, 6) is 0.440. The maximum Gasteiger partial charge on any atom is 0.0108 e. The van der Waals surface area contributed by atoms with E-state index in [1.54, 1.807) is 5.56 Å². The third kappa shape index (κ3) is 4.62. The van der Waals surface area contributed by atoms with Crippen LogP contribution < -0.4 is 0 Å². The molecule has 4 aromatic carbocycles. The normalized spacial score (nSPS) is 15.5. The Morgan fingerprint density at radius 1 is 0.649 bits per heavy atom. The molecule has 184 valence electrons. The van der Waals surface area contributed by atoms with Crippen molar-refractivity contribution in [2.45, 2.75) is 57.8 Å². The number of fused-ring (bicyclic) bond motifs is 3. The van der Waals surface area contributed by atoms with Gasteiger partial charge in [-0.15, -0.1) is 0 Å². The van der Waals surface area contributed by atoms with E-state index in [-0.39, 0.29) is 0 Å². The van der Waals surface area contributed by atoms with Crippen molar-refractivity contribution in [3.05, 3.63) is 126 Å². The van der Waals surface area contributed by atoms with Gasteiger partial charge in [-0.25, -0.2) is 0 Å². The van der Waals surface area contributed by atoms with Crippen molar-refractivity contribution in [1.29, 1.82) is 0 Å². The molecule has 0 fully saturated rings. The van der Waals surface area contributed by atoms with Crippen molar-refractivity contribution in [2.75, 3.05) is 0 Å². The molecular weight excluding hydrogens is 444 g/mol. The van der Waals surface area contributed by atoms with Crippen LogP contribution in [0.15, 0.2) is 109 Å². The van der Waals surface area contributed by atoms with Gasteiger partial charge in [0.1, 0.15) is 0 Å². The minimum absolute atomic E-state index is 0.440. The smallest absolute Gasteiger partial charge is 0.0108 e. The van der Waals surface area contributed by atoms with Crippen LogP contribution in [0.25, 0.3) is 39.0 Å². The van der Waals surface area contributed by atoms with E-state index in [1.165, 1.54) is 88.6 Å². The van der Waals surface area contributed by atoms with Crippen LogP contribution in [0.3, 0.4) is 0 Å². The van der Waals surface area contributed by atoms with Crippen molar-refractivity contribution >= 4 is 5.57 Å². The van der Waals surface area contributed by atoms with E-state index in [1.807, 2.05) is 0 Å². The summed E-state index contributed by atoms with van der Waals surface area (Å²) in [4.78, 5) is 0. The minimum atomic E-state index is 0.440. The van der Waals surface area contributed by atoms with Gasteiger partial charge < -0.3 is 0 Å². The second-order valence-corrected chi connectivity index (χ2v) is 10.6. The number of unbranched alkanes of at least 4 members (excludes halogenated alkanes) is 4. The zero-order chi connectivity index (χ0) is 25.0. The molecule has 0 radical (unpaired) electrons. The summed E-state index contributed by atoms with van der Waals surface area (Å²) in [6, 6.07) is 33.8. The maximum atomic E-state index is 2.49. The van der Waals surface area contributed by atoms with Crippen LogP contribution in [0.4, 0.5) is 0 Å². The first-order chi connectivity index (χ1) is 18.3. The van der Waals surface area contributed by atoms with Gasteiger partial charge >= 0.3 is 0 Å². The van der Waals surface area contributed by atoms with Crippen LogP contribution >= 0.6 is 0 Å². The largest absolute Gasteiger partial charge is 0.0801 e. The molecule has 1 unspecified atom stereocenters. The number of hydrogen-bond acceptors (Lipinski definition) is 0. The first kappa shape index (κ1) is 23.7. The first-order valence-electron chi connectivity index (χ1n) is 14.1. The summed E-state index contributed by atoms with van der Waals surface area (Å²) in [5.41, 5.74) is 14.2. The molecule has 0 N–H and O–H groups in total. The van der Waals surface area contributed by atoms with Gasteiger partial charge in [-0.05, 0) is 74.6 Å². The van der Waals surface area contributed by atoms with Crippen molar-refractivity contribution < 1.29 is 0 Å². The van der Waals surface area contributed by atoms with Crippen LogP contribution in [0.2, 0.25) is 0 Å². The lowest BCUT2D eigenvalue weighted by Gasteiger charge is -2.22. The fourth-order valence-corrected chi connectivity index (χ4v) is 6.37. The van der Waals surface area contributed by atoms with Crippen molar-refractivity contribution in [1.82, 2.24) is 0 Å². The second-order valence-electron chi connectivity index (χ2n) is 10.6. The summed E-state index contributed by atoms with van der Waals surface area (Å²) in [5, 5.41) is 0. The van der Waals surface area contributed by atoms with Gasteiger partial charge in [-0.1, -0.05) is 142 Å². The highest BCUT2D eigenvalue weighted by Gasteiger charge is 2.33. The Morgan fingerprint density at radius 3 is 2.08 bits per heavy atom. The van der Waals surface area contributed by atoms with Gasteiger partial charge in [0, 0.05) is 5.92 Å². The highest BCUT2D eigenvalue weighted by Crippen LogP contribution is 2.53. The quantitative estimate of drug-likeness (QED) is 0.209. The lowest BCUT2D eigenvalue weighted by atomic mass is 9.82. The van der Waals surface area contributed by atoms with Crippen molar-refractivity contribution in [3.8, 4) is 33.4 Å². The lowest BCUT2D eigenvalue weighted by Crippen LogP contribution is -2.03. The van der Waals surface area contributed by atoms with E-state index < -0.39 is 0 Å². The average Bonchev–Trinajstić information content (AvgIpc) is 3.60. The molecule has 2 aliphatic carbocycles. The summed E-state index contributed by atoms with van der Waals surface area (Å²) in [6.45, 7) is 2.30. The molecule has 1 atom stereocenters. The molecule has 0 saturated heterocycles. The van der Waals surface area contributed by atoms with E-state index in [0.717, 1.165) is 6.42 Å². The summed E-state index contributed by atoms with van der Waals surface area (Å²) in [6.07, 6.45) is 15.7. The van der Waals surface area contributed by atoms with Crippen molar-refractivity contribution in [2.24, 2.45) is 0 Å². The molecule has 0 spiro atoms. The van der Waals surface area contributed by atoms with E-state index in [2.05, 4.69) is 116 Å². The Kier molecular flexibility index (Phi) is 6.91. The molecule has 4 aromatic rings. The fourth-order valence-electron chi connectivity index (χ4n) is 6.37. The molecule has 6 rings (SSSR count). The molecule has 0 aromatic heterocycles. The zero-order valence-electron chi connectivity index (χ0n) is 21.9. The molecule has 0 bridgehead atoms. The molecular formula is C37H36. The molecule has 37 heavy (non-hydrogen) atoms.